The van der Waals surface area contributed by atoms with Gasteiger partial charge >= 0.3 is 0 Å². The number of rotatable bonds is 8. The van der Waals surface area contributed by atoms with Gasteiger partial charge in [0.1, 0.15) is 0 Å². The molecule has 0 aromatic carbocycles. The van der Waals surface area contributed by atoms with E-state index in [4.69, 9.17) is 4.74 Å². The number of ether oxygens (including phenoxy) is 1. The minimum atomic E-state index is -0.0817. The first-order chi connectivity index (χ1) is 9.45. The van der Waals surface area contributed by atoms with Crippen molar-refractivity contribution in [1.29, 1.82) is 0 Å². The molecular formula is C16H32N2O2. The van der Waals surface area contributed by atoms with Crippen LogP contribution in [-0.2, 0) is 4.74 Å². The Morgan fingerprint density at radius 1 is 1.35 bits per heavy atom. The Hall–Kier alpha value is -0.160. The first kappa shape index (κ1) is 16.2. The average molecular weight is 284 g/mol. The van der Waals surface area contributed by atoms with Crippen LogP contribution in [0.15, 0.2) is 0 Å². The first-order valence-electron chi connectivity index (χ1n) is 8.17. The molecule has 1 saturated heterocycles. The van der Waals surface area contributed by atoms with Crippen LogP contribution in [0.4, 0.5) is 0 Å². The van der Waals surface area contributed by atoms with Gasteiger partial charge in [0.15, 0.2) is 0 Å². The van der Waals surface area contributed by atoms with E-state index in [2.05, 4.69) is 31.0 Å². The third-order valence-corrected chi connectivity index (χ3v) is 4.70. The molecule has 4 heteroatoms. The molecule has 20 heavy (non-hydrogen) atoms. The standard InChI is InChI=1S/C16H32N2O2/c1-15(2)13-20-11-10-18(15)9-5-4-8-16(3,12-19)17-14-6-7-14/h14,17,19H,4-13H2,1-3H3. The van der Waals surface area contributed by atoms with Crippen LogP contribution in [0.2, 0.25) is 0 Å². The Labute approximate surface area is 123 Å². The monoisotopic (exact) mass is 284 g/mol. The predicted molar refractivity (Wildman–Crippen MR) is 82.0 cm³/mol. The second kappa shape index (κ2) is 6.73. The third kappa shape index (κ3) is 4.69. The highest BCUT2D eigenvalue weighted by Crippen LogP contribution is 2.25. The summed E-state index contributed by atoms with van der Waals surface area (Å²) < 4.78 is 5.56. The first-order valence-corrected chi connectivity index (χ1v) is 8.17. The van der Waals surface area contributed by atoms with Crippen LogP contribution < -0.4 is 5.32 Å². The quantitative estimate of drug-likeness (QED) is 0.667. The van der Waals surface area contributed by atoms with Crippen LogP contribution in [0.1, 0.15) is 52.9 Å². The fourth-order valence-corrected chi connectivity index (χ4v) is 3.04. The summed E-state index contributed by atoms with van der Waals surface area (Å²) >= 11 is 0. The van der Waals surface area contributed by atoms with Crippen molar-refractivity contribution in [3.8, 4) is 0 Å². The zero-order valence-electron chi connectivity index (χ0n) is 13.5. The molecule has 1 unspecified atom stereocenters. The molecule has 1 aliphatic carbocycles. The minimum absolute atomic E-state index is 0.0817. The van der Waals surface area contributed by atoms with E-state index in [1.54, 1.807) is 0 Å². The highest BCUT2D eigenvalue weighted by molar-refractivity contribution is 4.92. The number of unbranched alkanes of at least 4 members (excludes halogenated alkanes) is 1. The summed E-state index contributed by atoms with van der Waals surface area (Å²) in [7, 11) is 0. The van der Waals surface area contributed by atoms with Crippen molar-refractivity contribution in [1.82, 2.24) is 10.2 Å². The highest BCUT2D eigenvalue weighted by Gasteiger charge is 2.32. The average Bonchev–Trinajstić information content (AvgIpc) is 3.20. The van der Waals surface area contributed by atoms with Gasteiger partial charge in [0.05, 0.1) is 19.8 Å². The molecule has 1 aliphatic heterocycles. The van der Waals surface area contributed by atoms with Gasteiger partial charge in [-0.3, -0.25) is 4.90 Å². The molecular weight excluding hydrogens is 252 g/mol. The molecule has 4 nitrogen and oxygen atoms in total. The SMILES string of the molecule is CC(CO)(CCCCN1CCOCC1(C)C)NC1CC1. The van der Waals surface area contributed by atoms with Crippen molar-refractivity contribution in [2.45, 2.75) is 70.0 Å². The fraction of sp³-hybridized carbons (Fsp3) is 1.00. The molecule has 0 amide bonds. The number of hydrogen-bond acceptors (Lipinski definition) is 4. The van der Waals surface area contributed by atoms with E-state index in [0.717, 1.165) is 32.7 Å². The topological polar surface area (TPSA) is 44.7 Å². The van der Waals surface area contributed by atoms with Gasteiger partial charge in [-0.25, -0.2) is 0 Å². The van der Waals surface area contributed by atoms with E-state index in [1.807, 2.05) is 0 Å². The minimum Gasteiger partial charge on any atom is -0.394 e. The molecule has 1 atom stereocenters. The molecule has 2 rings (SSSR count). The second-order valence-corrected chi connectivity index (χ2v) is 7.45. The number of morpholine rings is 1. The van der Waals surface area contributed by atoms with Crippen LogP contribution in [0, 0.1) is 0 Å². The molecule has 1 heterocycles. The smallest absolute Gasteiger partial charge is 0.0645 e. The summed E-state index contributed by atoms with van der Waals surface area (Å²) in [5, 5.41) is 13.2. The lowest BCUT2D eigenvalue weighted by molar-refractivity contribution is -0.0515. The van der Waals surface area contributed by atoms with Crippen LogP contribution in [0.25, 0.3) is 0 Å². The van der Waals surface area contributed by atoms with E-state index in [0.29, 0.717) is 6.04 Å². The van der Waals surface area contributed by atoms with Crippen LogP contribution in [0.3, 0.4) is 0 Å². The maximum Gasteiger partial charge on any atom is 0.0645 e. The number of aliphatic hydroxyl groups excluding tert-OH is 1. The lowest BCUT2D eigenvalue weighted by atomic mass is 9.95. The van der Waals surface area contributed by atoms with Crippen molar-refractivity contribution >= 4 is 0 Å². The molecule has 118 valence electrons. The van der Waals surface area contributed by atoms with E-state index in [9.17, 15) is 5.11 Å². The second-order valence-electron chi connectivity index (χ2n) is 7.45. The summed E-state index contributed by atoms with van der Waals surface area (Å²) in [6.07, 6.45) is 5.98. The van der Waals surface area contributed by atoms with Crippen molar-refractivity contribution in [3.63, 3.8) is 0 Å². The fourth-order valence-electron chi connectivity index (χ4n) is 3.04. The molecule has 1 saturated carbocycles. The Bertz CT molecular complexity index is 305. The highest BCUT2D eigenvalue weighted by atomic mass is 16.5. The van der Waals surface area contributed by atoms with Gasteiger partial charge in [-0.15, -0.1) is 0 Å². The number of nitrogens with zero attached hydrogens (tertiary/aromatic N) is 1. The normalized spacial score (nSPS) is 26.4. The van der Waals surface area contributed by atoms with Crippen molar-refractivity contribution in [3.05, 3.63) is 0 Å². The van der Waals surface area contributed by atoms with E-state index in [1.165, 1.54) is 25.7 Å². The van der Waals surface area contributed by atoms with Crippen LogP contribution in [-0.4, -0.2) is 60.0 Å². The van der Waals surface area contributed by atoms with Crippen molar-refractivity contribution in [2.75, 3.05) is 32.9 Å². The predicted octanol–water partition coefficient (Wildman–Crippen LogP) is 1.77. The largest absolute Gasteiger partial charge is 0.394 e. The molecule has 0 bridgehead atoms. The zero-order valence-corrected chi connectivity index (χ0v) is 13.5. The summed E-state index contributed by atoms with van der Waals surface area (Å²) in [4.78, 5) is 2.54. The van der Waals surface area contributed by atoms with Gasteiger partial charge in [-0.2, -0.15) is 0 Å². The Morgan fingerprint density at radius 3 is 2.70 bits per heavy atom. The number of hydrogen-bond donors (Lipinski definition) is 2. The summed E-state index contributed by atoms with van der Waals surface area (Å²) in [5.74, 6) is 0. The van der Waals surface area contributed by atoms with Gasteiger partial charge in [0, 0.05) is 23.7 Å². The van der Waals surface area contributed by atoms with Gasteiger partial charge in [-0.1, -0.05) is 6.42 Å². The maximum atomic E-state index is 9.60. The maximum absolute atomic E-state index is 9.60. The van der Waals surface area contributed by atoms with Gasteiger partial charge in [0.2, 0.25) is 0 Å². The molecule has 2 N–H and O–H groups in total. The zero-order chi connectivity index (χ0) is 14.6. The Kier molecular flexibility index (Phi) is 5.46. The molecule has 0 aromatic rings. The Morgan fingerprint density at radius 2 is 2.10 bits per heavy atom. The number of aliphatic hydroxyl groups is 1. The molecule has 0 spiro atoms. The van der Waals surface area contributed by atoms with E-state index >= 15 is 0 Å². The van der Waals surface area contributed by atoms with Crippen LogP contribution in [0.5, 0.6) is 0 Å². The van der Waals surface area contributed by atoms with Crippen molar-refractivity contribution < 1.29 is 9.84 Å². The molecule has 2 fully saturated rings. The van der Waals surface area contributed by atoms with Crippen molar-refractivity contribution in [2.24, 2.45) is 0 Å². The number of nitrogens with one attached hydrogen (secondary N) is 1. The van der Waals surface area contributed by atoms with Crippen LogP contribution >= 0.6 is 0 Å². The molecule has 0 radical (unpaired) electrons. The third-order valence-electron chi connectivity index (χ3n) is 4.70. The van der Waals surface area contributed by atoms with Gasteiger partial charge in [-0.05, 0) is 53.0 Å². The molecule has 2 aliphatic rings. The van der Waals surface area contributed by atoms with E-state index < -0.39 is 0 Å². The Balaban J connectivity index is 1.66. The molecule has 0 aromatic heterocycles. The summed E-state index contributed by atoms with van der Waals surface area (Å²) in [6.45, 7) is 10.8. The lowest BCUT2D eigenvalue weighted by Gasteiger charge is -2.42. The summed E-state index contributed by atoms with van der Waals surface area (Å²) in [5.41, 5.74) is 0.0898. The van der Waals surface area contributed by atoms with Gasteiger partial charge in [0.25, 0.3) is 0 Å². The van der Waals surface area contributed by atoms with E-state index in [-0.39, 0.29) is 17.7 Å². The summed E-state index contributed by atoms with van der Waals surface area (Å²) in [6, 6.07) is 0.658. The van der Waals surface area contributed by atoms with Gasteiger partial charge < -0.3 is 15.2 Å². The lowest BCUT2D eigenvalue weighted by Crippen LogP contribution is -2.53.